The fourth-order valence-corrected chi connectivity index (χ4v) is 10.0. The van der Waals surface area contributed by atoms with Gasteiger partial charge in [0.25, 0.3) is 7.82 Å². The van der Waals surface area contributed by atoms with Gasteiger partial charge in [0, 0.05) is 6.42 Å². The number of likely N-dealkylation sites (N-methyl/N-ethyl adjacent to an activating group) is 1. The third kappa shape index (κ3) is 58.0. The molecule has 430 valence electrons. The van der Waals surface area contributed by atoms with E-state index in [1.807, 2.05) is 27.2 Å². The molecule has 0 aliphatic carbocycles. The van der Waals surface area contributed by atoms with Crippen LogP contribution < -0.4 is 10.2 Å². The van der Waals surface area contributed by atoms with Crippen LogP contribution in [0.15, 0.2) is 48.6 Å². The van der Waals surface area contributed by atoms with E-state index in [2.05, 4.69) is 55.6 Å². The van der Waals surface area contributed by atoms with Crippen molar-refractivity contribution in [1.29, 1.82) is 0 Å². The molecule has 8 nitrogen and oxygen atoms in total. The Labute approximate surface area is 454 Å². The summed E-state index contributed by atoms with van der Waals surface area (Å²) in [5, 5.41) is 13.9. The molecular formula is C64H123N2O6P. The molecular weight excluding hydrogens is 924 g/mol. The predicted octanol–water partition coefficient (Wildman–Crippen LogP) is 18.9. The Morgan fingerprint density at radius 2 is 0.808 bits per heavy atom. The number of phosphoric acid groups is 1. The summed E-state index contributed by atoms with van der Waals surface area (Å²) in [6.45, 7) is 4.65. The molecule has 73 heavy (non-hydrogen) atoms. The van der Waals surface area contributed by atoms with Gasteiger partial charge in [0.2, 0.25) is 5.91 Å². The zero-order valence-corrected chi connectivity index (χ0v) is 50.0. The minimum atomic E-state index is -4.61. The van der Waals surface area contributed by atoms with Crippen molar-refractivity contribution in [3.05, 3.63) is 48.6 Å². The van der Waals surface area contributed by atoms with E-state index in [9.17, 15) is 19.4 Å². The molecule has 0 spiro atoms. The van der Waals surface area contributed by atoms with Gasteiger partial charge in [-0.3, -0.25) is 9.36 Å². The van der Waals surface area contributed by atoms with Gasteiger partial charge in [-0.25, -0.2) is 0 Å². The van der Waals surface area contributed by atoms with Crippen LogP contribution in [0.4, 0.5) is 0 Å². The first-order chi connectivity index (χ1) is 35.5. The molecule has 0 bridgehead atoms. The van der Waals surface area contributed by atoms with Crippen LogP contribution in [0.2, 0.25) is 0 Å². The number of hydrogen-bond donors (Lipinski definition) is 2. The molecule has 0 radical (unpaired) electrons. The van der Waals surface area contributed by atoms with E-state index < -0.39 is 26.6 Å². The van der Waals surface area contributed by atoms with E-state index in [1.54, 1.807) is 6.08 Å². The van der Waals surface area contributed by atoms with Crippen LogP contribution in [0.1, 0.15) is 303 Å². The lowest BCUT2D eigenvalue weighted by Gasteiger charge is -2.29. The molecule has 0 aliphatic rings. The molecule has 1 amide bonds. The van der Waals surface area contributed by atoms with E-state index in [-0.39, 0.29) is 12.5 Å². The number of rotatable bonds is 58. The van der Waals surface area contributed by atoms with Crippen LogP contribution in [-0.2, 0) is 18.4 Å². The molecule has 0 saturated heterocycles. The number of carbonyl (C=O) groups is 1. The molecule has 2 N–H and O–H groups in total. The lowest BCUT2D eigenvalue weighted by Crippen LogP contribution is -2.45. The number of amides is 1. The molecule has 0 aromatic carbocycles. The van der Waals surface area contributed by atoms with Crippen molar-refractivity contribution in [2.24, 2.45) is 0 Å². The number of allylic oxidation sites excluding steroid dienone is 7. The molecule has 0 fully saturated rings. The topological polar surface area (TPSA) is 108 Å². The van der Waals surface area contributed by atoms with Crippen molar-refractivity contribution in [3.63, 3.8) is 0 Å². The zero-order chi connectivity index (χ0) is 53.5. The fourth-order valence-electron chi connectivity index (χ4n) is 9.32. The van der Waals surface area contributed by atoms with Gasteiger partial charge in [-0.1, -0.05) is 281 Å². The minimum absolute atomic E-state index is 0.00704. The average Bonchev–Trinajstić information content (AvgIpc) is 3.35. The number of phosphoric ester groups is 1. The van der Waals surface area contributed by atoms with Gasteiger partial charge in [-0.2, -0.15) is 0 Å². The second-order valence-corrected chi connectivity index (χ2v) is 24.2. The third-order valence-electron chi connectivity index (χ3n) is 14.3. The Hall–Kier alpha value is -1.54. The molecule has 0 heterocycles. The first-order valence-electron chi connectivity index (χ1n) is 31.5. The molecule has 0 saturated carbocycles. The van der Waals surface area contributed by atoms with E-state index >= 15 is 0 Å². The molecule has 0 aliphatic heterocycles. The molecule has 0 rings (SSSR count). The fraction of sp³-hybridized carbons (Fsp3) is 0.859. The molecule has 0 aromatic rings. The maximum Gasteiger partial charge on any atom is 0.268 e. The highest BCUT2D eigenvalue weighted by Gasteiger charge is 2.23. The SMILES string of the molecule is CCCCCCC/C=C\C/C=C\CCCCCCCCCCCCCC(=O)NC(COP(=O)([O-])OCC[N+](C)(C)C)C(O)/C=C/CC/C=C/CCCCCCCCCCCCCCCCCCCCCCCC. The van der Waals surface area contributed by atoms with Crippen LogP contribution >= 0.6 is 7.82 Å². The van der Waals surface area contributed by atoms with Crippen molar-refractivity contribution < 1.29 is 32.9 Å². The van der Waals surface area contributed by atoms with Crippen molar-refractivity contribution in [3.8, 4) is 0 Å². The number of nitrogens with zero attached hydrogens (tertiary/aromatic N) is 1. The van der Waals surface area contributed by atoms with Gasteiger partial charge in [0.15, 0.2) is 0 Å². The standard InChI is InChI=1S/C64H123N2O6P/c1-6-8-10-12-14-16-18-20-22-24-26-28-30-31-32-33-34-36-37-39-41-43-45-47-49-51-53-55-57-63(67)62(61-72-73(69,70)71-60-59-66(3,4)5)65-64(68)58-56-54-52-50-48-46-44-42-40-38-35-29-27-25-23-21-19-17-15-13-11-9-7-2/h19,21,25,27,47,49,55,57,62-63,67H,6-18,20,22-24,26,28-46,48,50-54,56,58-61H2,1-5H3,(H-,65,68,69,70)/b21-19-,27-25-,49-47+,57-55+. The van der Waals surface area contributed by atoms with Gasteiger partial charge in [0.1, 0.15) is 13.2 Å². The molecule has 9 heteroatoms. The van der Waals surface area contributed by atoms with E-state index in [4.69, 9.17) is 9.05 Å². The van der Waals surface area contributed by atoms with Crippen LogP contribution in [-0.4, -0.2) is 68.5 Å². The smallest absolute Gasteiger partial charge is 0.268 e. The minimum Gasteiger partial charge on any atom is -0.756 e. The second kappa shape index (κ2) is 55.2. The summed E-state index contributed by atoms with van der Waals surface area (Å²) in [4.78, 5) is 25.5. The number of quaternary nitrogens is 1. The largest absolute Gasteiger partial charge is 0.756 e. The summed E-state index contributed by atoms with van der Waals surface area (Å²) in [6, 6.07) is -0.907. The quantitative estimate of drug-likeness (QED) is 0.0272. The number of aliphatic hydroxyl groups excluding tert-OH is 1. The van der Waals surface area contributed by atoms with Crippen molar-refractivity contribution in [1.82, 2.24) is 5.32 Å². The second-order valence-electron chi connectivity index (χ2n) is 22.8. The third-order valence-corrected chi connectivity index (χ3v) is 15.2. The first-order valence-corrected chi connectivity index (χ1v) is 33.0. The number of unbranched alkanes of at least 4 members (excludes halogenated alkanes) is 39. The normalized spacial score (nSPS) is 14.1. The molecule has 3 unspecified atom stereocenters. The number of aliphatic hydroxyl groups is 1. The van der Waals surface area contributed by atoms with Gasteiger partial charge >= 0.3 is 0 Å². The Balaban J connectivity index is 4.19. The average molecular weight is 1050 g/mol. The monoisotopic (exact) mass is 1050 g/mol. The summed E-state index contributed by atoms with van der Waals surface area (Å²) in [7, 11) is 1.25. The van der Waals surface area contributed by atoms with Gasteiger partial charge < -0.3 is 28.8 Å². The Bertz CT molecular complexity index is 1330. The Kier molecular flexibility index (Phi) is 54.1. The summed E-state index contributed by atoms with van der Waals surface area (Å²) < 4.78 is 23.4. The van der Waals surface area contributed by atoms with Crippen LogP contribution in [0.25, 0.3) is 0 Å². The first kappa shape index (κ1) is 71.5. The van der Waals surface area contributed by atoms with Crippen molar-refractivity contribution in [2.75, 3.05) is 40.9 Å². The van der Waals surface area contributed by atoms with Crippen LogP contribution in [0.5, 0.6) is 0 Å². The maximum atomic E-state index is 13.0. The Morgan fingerprint density at radius 3 is 1.19 bits per heavy atom. The lowest BCUT2D eigenvalue weighted by molar-refractivity contribution is -0.870. The van der Waals surface area contributed by atoms with Crippen LogP contribution in [0.3, 0.4) is 0 Å². The summed E-state index contributed by atoms with van der Waals surface area (Å²) in [6.07, 6.45) is 73.5. The number of carbonyl (C=O) groups excluding carboxylic acids is 1. The van der Waals surface area contributed by atoms with Crippen molar-refractivity contribution in [2.45, 2.75) is 315 Å². The maximum absolute atomic E-state index is 13.0. The Morgan fingerprint density at radius 1 is 0.479 bits per heavy atom. The number of nitrogens with one attached hydrogen (secondary N) is 1. The zero-order valence-electron chi connectivity index (χ0n) is 49.1. The molecule has 3 atom stereocenters. The van der Waals surface area contributed by atoms with E-state index in [1.165, 1.54) is 238 Å². The summed E-state index contributed by atoms with van der Waals surface area (Å²) in [5.74, 6) is -0.207. The van der Waals surface area contributed by atoms with Gasteiger partial charge in [-0.15, -0.1) is 0 Å². The van der Waals surface area contributed by atoms with E-state index in [0.717, 1.165) is 44.9 Å². The predicted molar refractivity (Wildman–Crippen MR) is 316 cm³/mol. The van der Waals surface area contributed by atoms with E-state index in [0.29, 0.717) is 17.4 Å². The highest BCUT2D eigenvalue weighted by molar-refractivity contribution is 7.45. The summed E-state index contributed by atoms with van der Waals surface area (Å²) in [5.41, 5.74) is 0. The van der Waals surface area contributed by atoms with Gasteiger partial charge in [0.05, 0.1) is 39.9 Å². The highest BCUT2D eigenvalue weighted by atomic mass is 31.2. The lowest BCUT2D eigenvalue weighted by atomic mass is 10.0. The van der Waals surface area contributed by atoms with Crippen molar-refractivity contribution >= 4 is 13.7 Å². The highest BCUT2D eigenvalue weighted by Crippen LogP contribution is 2.38. The molecule has 0 aromatic heterocycles. The van der Waals surface area contributed by atoms with Crippen LogP contribution in [0, 0.1) is 0 Å². The number of hydrogen-bond acceptors (Lipinski definition) is 6. The van der Waals surface area contributed by atoms with Gasteiger partial charge in [-0.05, 0) is 64.2 Å². The summed E-state index contributed by atoms with van der Waals surface area (Å²) >= 11 is 0.